The Labute approximate surface area is 126 Å². The first-order valence-corrected chi connectivity index (χ1v) is 8.21. The Hall–Kier alpha value is -1.35. The fourth-order valence-corrected chi connectivity index (χ4v) is 3.35. The molecule has 0 aliphatic rings. The maximum atomic E-state index is 4.72. The van der Waals surface area contributed by atoms with Crippen LogP contribution in [0, 0.1) is 0 Å². The van der Waals surface area contributed by atoms with Crippen LogP contribution in [0.2, 0.25) is 0 Å². The van der Waals surface area contributed by atoms with E-state index in [4.69, 9.17) is 4.98 Å². The number of aromatic nitrogens is 1. The third-order valence-corrected chi connectivity index (χ3v) is 4.87. The zero-order valence-corrected chi connectivity index (χ0v) is 13.6. The molecule has 2 nitrogen and oxygen atoms in total. The van der Waals surface area contributed by atoms with Crippen LogP contribution < -0.4 is 5.32 Å². The van der Waals surface area contributed by atoms with Crippen molar-refractivity contribution in [2.24, 2.45) is 0 Å². The molecule has 1 aromatic heterocycles. The van der Waals surface area contributed by atoms with Crippen LogP contribution in [0.4, 0.5) is 5.13 Å². The molecule has 0 fully saturated rings. The van der Waals surface area contributed by atoms with Gasteiger partial charge in [-0.25, -0.2) is 4.98 Å². The van der Waals surface area contributed by atoms with E-state index in [1.54, 1.807) is 0 Å². The topological polar surface area (TPSA) is 24.9 Å². The highest BCUT2D eigenvalue weighted by molar-refractivity contribution is 7.15. The van der Waals surface area contributed by atoms with Gasteiger partial charge in [-0.15, -0.1) is 11.3 Å². The van der Waals surface area contributed by atoms with Crippen molar-refractivity contribution in [1.82, 2.24) is 4.98 Å². The first-order valence-electron chi connectivity index (χ1n) is 7.40. The predicted octanol–water partition coefficient (Wildman–Crippen LogP) is 5.04. The van der Waals surface area contributed by atoms with Crippen molar-refractivity contribution in [1.29, 1.82) is 0 Å². The number of hydrogen-bond donors (Lipinski definition) is 1. The van der Waals surface area contributed by atoms with Gasteiger partial charge in [0.05, 0.1) is 5.69 Å². The minimum Gasteiger partial charge on any atom is -0.361 e. The number of nitrogens with one attached hydrogen (secondary N) is 1. The van der Waals surface area contributed by atoms with E-state index in [0.717, 1.165) is 18.1 Å². The van der Waals surface area contributed by atoms with Gasteiger partial charge in [-0.1, -0.05) is 58.0 Å². The molecule has 1 atom stereocenters. The van der Waals surface area contributed by atoms with Crippen molar-refractivity contribution in [3.05, 3.63) is 46.5 Å². The first-order chi connectivity index (χ1) is 9.61. The number of anilines is 1. The van der Waals surface area contributed by atoms with E-state index >= 15 is 0 Å². The van der Waals surface area contributed by atoms with E-state index in [9.17, 15) is 0 Å². The maximum absolute atomic E-state index is 4.72. The van der Waals surface area contributed by atoms with Crippen LogP contribution in [0.1, 0.15) is 55.7 Å². The lowest BCUT2D eigenvalue weighted by Gasteiger charge is -2.12. The van der Waals surface area contributed by atoms with Crippen molar-refractivity contribution in [3.8, 4) is 0 Å². The second-order valence-electron chi connectivity index (χ2n) is 5.53. The molecule has 108 valence electrons. The van der Waals surface area contributed by atoms with Crippen molar-refractivity contribution in [2.45, 2.75) is 46.0 Å². The highest BCUT2D eigenvalue weighted by Gasteiger charge is 2.13. The predicted molar refractivity (Wildman–Crippen MR) is 88.9 cm³/mol. The van der Waals surface area contributed by atoms with Gasteiger partial charge in [0, 0.05) is 11.4 Å². The molecular weight excluding hydrogens is 264 g/mol. The molecule has 2 rings (SSSR count). The van der Waals surface area contributed by atoms with Gasteiger partial charge in [0.2, 0.25) is 0 Å². The molecule has 0 spiro atoms. The van der Waals surface area contributed by atoms with Crippen LogP contribution in [0.15, 0.2) is 30.3 Å². The average molecular weight is 288 g/mol. The zero-order chi connectivity index (χ0) is 14.5. The van der Waals surface area contributed by atoms with Crippen LogP contribution >= 0.6 is 11.3 Å². The second kappa shape index (κ2) is 6.89. The standard InChI is InChI=1S/C17H24N2S/c1-5-15-16(12(2)3)20-17(19-15)18-11-13(4)14-9-7-6-8-10-14/h6-10,12-13H,5,11H2,1-4H3,(H,18,19). The molecule has 1 heterocycles. The number of thiazole rings is 1. The van der Waals surface area contributed by atoms with E-state index in [0.29, 0.717) is 11.8 Å². The van der Waals surface area contributed by atoms with Crippen molar-refractivity contribution in [2.75, 3.05) is 11.9 Å². The quantitative estimate of drug-likeness (QED) is 0.805. The van der Waals surface area contributed by atoms with Crippen LogP contribution in [0.3, 0.4) is 0 Å². The number of aryl methyl sites for hydroxylation is 1. The van der Waals surface area contributed by atoms with E-state index in [1.165, 1.54) is 16.1 Å². The number of nitrogens with zero attached hydrogens (tertiary/aromatic N) is 1. The molecule has 0 radical (unpaired) electrons. The highest BCUT2D eigenvalue weighted by Crippen LogP contribution is 2.30. The zero-order valence-electron chi connectivity index (χ0n) is 12.8. The third-order valence-electron chi connectivity index (χ3n) is 3.51. The Balaban J connectivity index is 2.01. The molecule has 0 aliphatic heterocycles. The summed E-state index contributed by atoms with van der Waals surface area (Å²) in [6.45, 7) is 9.83. The Morgan fingerprint density at radius 1 is 1.15 bits per heavy atom. The summed E-state index contributed by atoms with van der Waals surface area (Å²) < 4.78 is 0. The summed E-state index contributed by atoms with van der Waals surface area (Å²) in [6, 6.07) is 10.6. The van der Waals surface area contributed by atoms with Gasteiger partial charge in [0.25, 0.3) is 0 Å². The third kappa shape index (κ3) is 3.60. The number of rotatable bonds is 6. The van der Waals surface area contributed by atoms with E-state index < -0.39 is 0 Å². The SMILES string of the molecule is CCc1nc(NCC(C)c2ccccc2)sc1C(C)C. The lowest BCUT2D eigenvalue weighted by Crippen LogP contribution is -2.09. The van der Waals surface area contributed by atoms with Gasteiger partial charge in [-0.3, -0.25) is 0 Å². The minimum absolute atomic E-state index is 0.493. The van der Waals surface area contributed by atoms with E-state index in [2.05, 4.69) is 63.3 Å². The van der Waals surface area contributed by atoms with Crippen LogP contribution in [-0.4, -0.2) is 11.5 Å². The largest absolute Gasteiger partial charge is 0.361 e. The Morgan fingerprint density at radius 2 is 1.85 bits per heavy atom. The molecule has 0 bridgehead atoms. The Bertz CT molecular complexity index is 531. The van der Waals surface area contributed by atoms with E-state index in [-0.39, 0.29) is 0 Å². The van der Waals surface area contributed by atoms with E-state index in [1.807, 2.05) is 11.3 Å². The highest BCUT2D eigenvalue weighted by atomic mass is 32.1. The molecule has 0 saturated heterocycles. The summed E-state index contributed by atoms with van der Waals surface area (Å²) in [5.41, 5.74) is 2.62. The monoisotopic (exact) mass is 288 g/mol. The van der Waals surface area contributed by atoms with Gasteiger partial charge in [0.15, 0.2) is 5.13 Å². The normalized spacial score (nSPS) is 12.7. The van der Waals surface area contributed by atoms with Gasteiger partial charge in [-0.2, -0.15) is 0 Å². The summed E-state index contributed by atoms with van der Waals surface area (Å²) in [5, 5.41) is 4.56. The summed E-state index contributed by atoms with van der Waals surface area (Å²) in [4.78, 5) is 6.14. The fraction of sp³-hybridized carbons (Fsp3) is 0.471. The second-order valence-corrected chi connectivity index (χ2v) is 6.56. The lowest BCUT2D eigenvalue weighted by molar-refractivity contribution is 0.802. The average Bonchev–Trinajstić information content (AvgIpc) is 2.89. The molecule has 1 aromatic carbocycles. The molecule has 3 heteroatoms. The molecule has 2 aromatic rings. The molecular formula is C17H24N2S. The summed E-state index contributed by atoms with van der Waals surface area (Å²) in [7, 11) is 0. The Kier molecular flexibility index (Phi) is 5.18. The minimum atomic E-state index is 0.493. The summed E-state index contributed by atoms with van der Waals surface area (Å²) in [6.07, 6.45) is 1.01. The smallest absolute Gasteiger partial charge is 0.183 e. The molecule has 0 aliphatic carbocycles. The fourth-order valence-electron chi connectivity index (χ4n) is 2.28. The van der Waals surface area contributed by atoms with Gasteiger partial charge >= 0.3 is 0 Å². The van der Waals surface area contributed by atoms with Crippen LogP contribution in [-0.2, 0) is 6.42 Å². The molecule has 0 saturated carbocycles. The molecule has 20 heavy (non-hydrogen) atoms. The number of hydrogen-bond acceptors (Lipinski definition) is 3. The van der Waals surface area contributed by atoms with Gasteiger partial charge in [-0.05, 0) is 23.8 Å². The van der Waals surface area contributed by atoms with Crippen LogP contribution in [0.5, 0.6) is 0 Å². The van der Waals surface area contributed by atoms with Crippen molar-refractivity contribution < 1.29 is 0 Å². The molecule has 1 unspecified atom stereocenters. The number of benzene rings is 1. The maximum Gasteiger partial charge on any atom is 0.183 e. The molecule has 0 amide bonds. The van der Waals surface area contributed by atoms with Crippen molar-refractivity contribution in [3.63, 3.8) is 0 Å². The molecule has 1 N–H and O–H groups in total. The summed E-state index contributed by atoms with van der Waals surface area (Å²) >= 11 is 1.81. The summed E-state index contributed by atoms with van der Waals surface area (Å²) in [5.74, 6) is 1.05. The lowest BCUT2D eigenvalue weighted by atomic mass is 10.0. The Morgan fingerprint density at radius 3 is 2.40 bits per heavy atom. The van der Waals surface area contributed by atoms with Crippen molar-refractivity contribution >= 4 is 16.5 Å². The first kappa shape index (κ1) is 15.0. The van der Waals surface area contributed by atoms with Crippen LogP contribution in [0.25, 0.3) is 0 Å². The van der Waals surface area contributed by atoms with Gasteiger partial charge in [0.1, 0.15) is 0 Å². The van der Waals surface area contributed by atoms with Gasteiger partial charge < -0.3 is 5.32 Å².